The van der Waals surface area contributed by atoms with Crippen LogP contribution in [0.5, 0.6) is 0 Å². The van der Waals surface area contributed by atoms with Crippen LogP contribution in [0.3, 0.4) is 0 Å². The van der Waals surface area contributed by atoms with E-state index in [0.717, 1.165) is 30.0 Å². The van der Waals surface area contributed by atoms with Gasteiger partial charge in [0.05, 0.1) is 5.69 Å². The molecule has 3 aromatic rings. The zero-order valence-corrected chi connectivity index (χ0v) is 13.2. The Labute approximate surface area is 135 Å². The molecule has 1 saturated heterocycles. The largest absolute Gasteiger partial charge is 0.306 e. The summed E-state index contributed by atoms with van der Waals surface area (Å²) in [7, 11) is 2.18. The van der Waals surface area contributed by atoms with E-state index in [2.05, 4.69) is 30.3 Å². The number of imidazole rings is 1. The van der Waals surface area contributed by atoms with Gasteiger partial charge in [0.25, 0.3) is 0 Å². The van der Waals surface area contributed by atoms with Gasteiger partial charge in [-0.15, -0.1) is 0 Å². The molecule has 1 aliphatic rings. The van der Waals surface area contributed by atoms with E-state index in [9.17, 15) is 4.39 Å². The maximum atomic E-state index is 13.1. The van der Waals surface area contributed by atoms with Crippen LogP contribution in [0, 0.1) is 5.82 Å². The van der Waals surface area contributed by atoms with Gasteiger partial charge in [0.2, 0.25) is 0 Å². The maximum Gasteiger partial charge on any atom is 0.137 e. The summed E-state index contributed by atoms with van der Waals surface area (Å²) in [4.78, 5) is 7.10. The van der Waals surface area contributed by atoms with E-state index in [1.165, 1.54) is 30.5 Å². The molecule has 1 aliphatic heterocycles. The Morgan fingerprint density at radius 1 is 1.09 bits per heavy atom. The Balaban J connectivity index is 1.65. The molecule has 4 heteroatoms. The van der Waals surface area contributed by atoms with Gasteiger partial charge in [-0.05, 0) is 80.9 Å². The Bertz CT molecular complexity index is 814. The van der Waals surface area contributed by atoms with E-state index < -0.39 is 0 Å². The van der Waals surface area contributed by atoms with Crippen LogP contribution >= 0.6 is 0 Å². The molecule has 1 fully saturated rings. The van der Waals surface area contributed by atoms with Gasteiger partial charge < -0.3 is 9.30 Å². The Morgan fingerprint density at radius 2 is 1.83 bits per heavy atom. The number of hydrogen-bond acceptors (Lipinski definition) is 2. The summed E-state index contributed by atoms with van der Waals surface area (Å²) in [6, 6.07) is 10.9. The average molecular weight is 309 g/mol. The number of rotatable bonds is 2. The standard InChI is InChI=1S/C19H20FN3/c1-22-9-6-14(7-10-22)16-8-11-23-13-18(21-19(23)12-16)15-2-4-17(20)5-3-15/h2-5,8,11-14H,6-7,9-10H2,1H3. The lowest BCUT2D eigenvalue weighted by Crippen LogP contribution is -2.29. The van der Waals surface area contributed by atoms with Crippen LogP contribution in [0.1, 0.15) is 24.3 Å². The maximum absolute atomic E-state index is 13.1. The summed E-state index contributed by atoms with van der Waals surface area (Å²) in [6.45, 7) is 2.32. The number of fused-ring (bicyclic) bond motifs is 1. The molecule has 0 N–H and O–H groups in total. The highest BCUT2D eigenvalue weighted by Gasteiger charge is 2.19. The fourth-order valence-corrected chi connectivity index (χ4v) is 3.35. The van der Waals surface area contributed by atoms with Crippen molar-refractivity contribution in [1.29, 1.82) is 0 Å². The van der Waals surface area contributed by atoms with Crippen LogP contribution in [0.4, 0.5) is 4.39 Å². The van der Waals surface area contributed by atoms with Gasteiger partial charge in [-0.1, -0.05) is 0 Å². The van der Waals surface area contributed by atoms with Crippen LogP contribution in [-0.4, -0.2) is 34.4 Å². The first-order chi connectivity index (χ1) is 11.2. The first kappa shape index (κ1) is 14.4. The molecular formula is C19H20FN3. The Morgan fingerprint density at radius 3 is 2.57 bits per heavy atom. The van der Waals surface area contributed by atoms with Crippen LogP contribution in [0.25, 0.3) is 16.9 Å². The van der Waals surface area contributed by atoms with Gasteiger partial charge in [0, 0.05) is 18.0 Å². The van der Waals surface area contributed by atoms with E-state index in [-0.39, 0.29) is 5.82 Å². The fourth-order valence-electron chi connectivity index (χ4n) is 3.35. The van der Waals surface area contributed by atoms with Crippen molar-refractivity contribution < 1.29 is 4.39 Å². The average Bonchev–Trinajstić information content (AvgIpc) is 2.99. The number of nitrogens with zero attached hydrogens (tertiary/aromatic N) is 3. The number of likely N-dealkylation sites (tertiary alicyclic amines) is 1. The molecule has 2 aromatic heterocycles. The number of hydrogen-bond donors (Lipinski definition) is 0. The first-order valence-corrected chi connectivity index (χ1v) is 8.12. The molecule has 0 radical (unpaired) electrons. The van der Waals surface area contributed by atoms with Crippen molar-refractivity contribution in [3.63, 3.8) is 0 Å². The van der Waals surface area contributed by atoms with Crippen LogP contribution in [0.15, 0.2) is 48.8 Å². The molecule has 0 atom stereocenters. The van der Waals surface area contributed by atoms with Crippen molar-refractivity contribution in [3.8, 4) is 11.3 Å². The summed E-state index contributed by atoms with van der Waals surface area (Å²) in [6.07, 6.45) is 6.50. The van der Waals surface area contributed by atoms with E-state index in [4.69, 9.17) is 4.98 Å². The van der Waals surface area contributed by atoms with Crippen LogP contribution < -0.4 is 0 Å². The minimum absolute atomic E-state index is 0.220. The second kappa shape index (κ2) is 5.78. The molecule has 0 spiro atoms. The third-order valence-electron chi connectivity index (χ3n) is 4.81. The van der Waals surface area contributed by atoms with Gasteiger partial charge in [-0.3, -0.25) is 0 Å². The number of pyridine rings is 1. The molecule has 0 aliphatic carbocycles. The molecular weight excluding hydrogens is 289 g/mol. The number of halogens is 1. The van der Waals surface area contributed by atoms with E-state index in [1.54, 1.807) is 12.1 Å². The second-order valence-electron chi connectivity index (χ2n) is 6.44. The highest BCUT2D eigenvalue weighted by atomic mass is 19.1. The van der Waals surface area contributed by atoms with Crippen LogP contribution in [0.2, 0.25) is 0 Å². The van der Waals surface area contributed by atoms with Crippen molar-refractivity contribution in [2.45, 2.75) is 18.8 Å². The minimum Gasteiger partial charge on any atom is -0.306 e. The molecule has 0 saturated carbocycles. The lowest BCUT2D eigenvalue weighted by Gasteiger charge is -2.29. The van der Waals surface area contributed by atoms with Gasteiger partial charge in [0.1, 0.15) is 11.5 Å². The smallest absolute Gasteiger partial charge is 0.137 e. The molecule has 4 rings (SSSR count). The normalized spacial score (nSPS) is 17.0. The highest BCUT2D eigenvalue weighted by molar-refractivity contribution is 5.62. The molecule has 3 heterocycles. The van der Waals surface area contributed by atoms with Gasteiger partial charge >= 0.3 is 0 Å². The van der Waals surface area contributed by atoms with Crippen molar-refractivity contribution in [2.24, 2.45) is 0 Å². The summed E-state index contributed by atoms with van der Waals surface area (Å²) in [5, 5.41) is 0. The predicted octanol–water partition coefficient (Wildman–Crippen LogP) is 3.95. The lowest BCUT2D eigenvalue weighted by molar-refractivity contribution is 0.255. The molecule has 0 bridgehead atoms. The van der Waals surface area contributed by atoms with Gasteiger partial charge in [0.15, 0.2) is 0 Å². The molecule has 0 unspecified atom stereocenters. The van der Waals surface area contributed by atoms with Gasteiger partial charge in [-0.25, -0.2) is 9.37 Å². The summed E-state index contributed by atoms with van der Waals surface area (Å²) < 4.78 is 15.1. The third-order valence-corrected chi connectivity index (χ3v) is 4.81. The van der Waals surface area contributed by atoms with E-state index >= 15 is 0 Å². The highest BCUT2D eigenvalue weighted by Crippen LogP contribution is 2.29. The SMILES string of the molecule is CN1CCC(c2ccn3cc(-c4ccc(F)cc4)nc3c2)CC1. The Kier molecular flexibility index (Phi) is 3.62. The molecule has 0 amide bonds. The van der Waals surface area contributed by atoms with Crippen LogP contribution in [-0.2, 0) is 0 Å². The number of benzene rings is 1. The third kappa shape index (κ3) is 2.86. The molecule has 1 aromatic carbocycles. The quantitative estimate of drug-likeness (QED) is 0.714. The molecule has 23 heavy (non-hydrogen) atoms. The van der Waals surface area contributed by atoms with E-state index in [1.807, 2.05) is 10.6 Å². The summed E-state index contributed by atoms with van der Waals surface area (Å²) in [5.41, 5.74) is 4.16. The zero-order valence-electron chi connectivity index (χ0n) is 13.2. The lowest BCUT2D eigenvalue weighted by atomic mass is 9.90. The number of aromatic nitrogens is 2. The van der Waals surface area contributed by atoms with Crippen molar-refractivity contribution in [1.82, 2.24) is 14.3 Å². The molecule has 118 valence electrons. The molecule has 3 nitrogen and oxygen atoms in total. The minimum atomic E-state index is -0.220. The Hall–Kier alpha value is -2.20. The predicted molar refractivity (Wildman–Crippen MR) is 90.1 cm³/mol. The van der Waals surface area contributed by atoms with Crippen molar-refractivity contribution >= 4 is 5.65 Å². The van der Waals surface area contributed by atoms with Crippen molar-refractivity contribution in [2.75, 3.05) is 20.1 Å². The van der Waals surface area contributed by atoms with E-state index in [0.29, 0.717) is 5.92 Å². The first-order valence-electron chi connectivity index (χ1n) is 8.12. The zero-order chi connectivity index (χ0) is 15.8. The monoisotopic (exact) mass is 309 g/mol. The number of piperidine rings is 1. The fraction of sp³-hybridized carbons (Fsp3) is 0.316. The van der Waals surface area contributed by atoms with Gasteiger partial charge in [-0.2, -0.15) is 0 Å². The summed E-state index contributed by atoms with van der Waals surface area (Å²) >= 11 is 0. The second-order valence-corrected chi connectivity index (χ2v) is 6.44. The van der Waals surface area contributed by atoms with Crippen molar-refractivity contribution in [3.05, 3.63) is 60.2 Å². The summed E-state index contributed by atoms with van der Waals surface area (Å²) in [5.74, 6) is 0.407. The topological polar surface area (TPSA) is 20.5 Å².